The van der Waals surface area contributed by atoms with Crippen LogP contribution in [-0.4, -0.2) is 21.1 Å². The third-order valence-electron chi connectivity index (χ3n) is 4.45. The van der Waals surface area contributed by atoms with Crippen LogP contribution in [0, 0.1) is 0 Å². The van der Waals surface area contributed by atoms with E-state index in [2.05, 4.69) is 23.8 Å². The first-order valence-electron chi connectivity index (χ1n) is 7.52. The van der Waals surface area contributed by atoms with E-state index in [1.807, 2.05) is 23.9 Å². The second-order valence-electron chi connectivity index (χ2n) is 5.67. The number of anilines is 1. The molecular formula is C16H23N3S. The van der Waals surface area contributed by atoms with Gasteiger partial charge in [0.2, 0.25) is 0 Å². The van der Waals surface area contributed by atoms with Crippen LogP contribution in [0.1, 0.15) is 44.5 Å². The molecule has 0 aliphatic heterocycles. The summed E-state index contributed by atoms with van der Waals surface area (Å²) < 4.78 is 2.48. The fourth-order valence-electron chi connectivity index (χ4n) is 3.36. The van der Waals surface area contributed by atoms with Crippen molar-refractivity contribution in [3.8, 4) is 0 Å². The van der Waals surface area contributed by atoms with Gasteiger partial charge in [-0.05, 0) is 50.1 Å². The molecule has 3 rings (SSSR count). The molecule has 2 aromatic rings. The van der Waals surface area contributed by atoms with Gasteiger partial charge in [0.25, 0.3) is 0 Å². The maximum atomic E-state index is 5.89. The number of aromatic nitrogens is 2. The van der Waals surface area contributed by atoms with Crippen molar-refractivity contribution in [2.45, 2.75) is 50.3 Å². The van der Waals surface area contributed by atoms with Gasteiger partial charge >= 0.3 is 0 Å². The van der Waals surface area contributed by atoms with Crippen molar-refractivity contribution in [2.24, 2.45) is 0 Å². The van der Waals surface area contributed by atoms with Gasteiger partial charge < -0.3 is 10.3 Å². The summed E-state index contributed by atoms with van der Waals surface area (Å²) in [6, 6.07) is 6.74. The molecule has 0 amide bonds. The molecule has 1 aliphatic rings. The molecule has 0 unspecified atom stereocenters. The van der Waals surface area contributed by atoms with Crippen LogP contribution in [0.25, 0.3) is 11.0 Å². The quantitative estimate of drug-likeness (QED) is 0.868. The summed E-state index contributed by atoms with van der Waals surface area (Å²) in [5.74, 6) is 1.21. The second-order valence-corrected chi connectivity index (χ2v) is 6.80. The molecule has 0 saturated heterocycles. The molecule has 0 bridgehead atoms. The van der Waals surface area contributed by atoms with E-state index in [1.54, 1.807) is 0 Å². The minimum Gasteiger partial charge on any atom is -0.399 e. The summed E-state index contributed by atoms with van der Waals surface area (Å²) in [5.41, 5.74) is 8.99. The van der Waals surface area contributed by atoms with Crippen LogP contribution in [0.15, 0.2) is 18.2 Å². The molecule has 1 aromatic heterocycles. The smallest absolute Gasteiger partial charge is 0.109 e. The highest BCUT2D eigenvalue weighted by molar-refractivity contribution is 7.99. The van der Waals surface area contributed by atoms with E-state index in [9.17, 15) is 0 Å². The lowest BCUT2D eigenvalue weighted by atomic mass is 9.94. The third kappa shape index (κ3) is 2.41. The SMILES string of the molecule is CCc1nc2cc(N)ccc2n1C1CCC(SC)CC1. The Morgan fingerprint density at radius 1 is 1.30 bits per heavy atom. The van der Waals surface area contributed by atoms with Crippen molar-refractivity contribution in [1.82, 2.24) is 9.55 Å². The lowest BCUT2D eigenvalue weighted by Crippen LogP contribution is -2.20. The Hall–Kier alpha value is -1.16. The second kappa shape index (κ2) is 5.68. The predicted molar refractivity (Wildman–Crippen MR) is 88.3 cm³/mol. The fourth-order valence-corrected chi connectivity index (χ4v) is 4.11. The monoisotopic (exact) mass is 289 g/mol. The van der Waals surface area contributed by atoms with Crippen LogP contribution in [0.2, 0.25) is 0 Å². The highest BCUT2D eigenvalue weighted by Crippen LogP contribution is 2.36. The lowest BCUT2D eigenvalue weighted by molar-refractivity contribution is 0.359. The molecule has 20 heavy (non-hydrogen) atoms. The Morgan fingerprint density at radius 3 is 2.70 bits per heavy atom. The minimum atomic E-state index is 0.613. The number of rotatable bonds is 3. The van der Waals surface area contributed by atoms with Gasteiger partial charge in [0.1, 0.15) is 5.82 Å². The highest BCUT2D eigenvalue weighted by Gasteiger charge is 2.24. The van der Waals surface area contributed by atoms with Crippen LogP contribution in [-0.2, 0) is 6.42 Å². The van der Waals surface area contributed by atoms with Gasteiger partial charge in [0, 0.05) is 23.4 Å². The van der Waals surface area contributed by atoms with Gasteiger partial charge in [-0.2, -0.15) is 11.8 Å². The Bertz CT molecular complexity index is 597. The molecule has 3 nitrogen and oxygen atoms in total. The van der Waals surface area contributed by atoms with Crippen LogP contribution in [0.5, 0.6) is 0 Å². The molecule has 108 valence electrons. The Morgan fingerprint density at radius 2 is 2.05 bits per heavy atom. The van der Waals surface area contributed by atoms with E-state index in [-0.39, 0.29) is 0 Å². The average molecular weight is 289 g/mol. The summed E-state index contributed by atoms with van der Waals surface area (Å²) in [4.78, 5) is 4.78. The van der Waals surface area contributed by atoms with Crippen molar-refractivity contribution in [2.75, 3.05) is 12.0 Å². The number of benzene rings is 1. The first kappa shape index (κ1) is 13.8. The molecule has 2 N–H and O–H groups in total. The number of nitrogens with two attached hydrogens (primary N) is 1. The van der Waals surface area contributed by atoms with Crippen molar-refractivity contribution < 1.29 is 0 Å². The van der Waals surface area contributed by atoms with Gasteiger partial charge in [-0.3, -0.25) is 0 Å². The summed E-state index contributed by atoms with van der Waals surface area (Å²) in [6.07, 6.45) is 8.41. The van der Waals surface area contributed by atoms with Crippen molar-refractivity contribution in [3.63, 3.8) is 0 Å². The van der Waals surface area contributed by atoms with Crippen LogP contribution in [0.3, 0.4) is 0 Å². The predicted octanol–water partition coefficient (Wildman–Crippen LogP) is 4.03. The zero-order chi connectivity index (χ0) is 14.1. The fraction of sp³-hybridized carbons (Fsp3) is 0.562. The van der Waals surface area contributed by atoms with Crippen LogP contribution in [0.4, 0.5) is 5.69 Å². The summed E-state index contributed by atoms with van der Waals surface area (Å²) in [5, 5.41) is 0.849. The maximum absolute atomic E-state index is 5.89. The average Bonchev–Trinajstić information content (AvgIpc) is 2.84. The first-order chi connectivity index (χ1) is 9.72. The van der Waals surface area contributed by atoms with E-state index in [0.29, 0.717) is 6.04 Å². The van der Waals surface area contributed by atoms with Gasteiger partial charge in [0.15, 0.2) is 0 Å². The number of nitrogen functional groups attached to an aromatic ring is 1. The number of nitrogens with zero attached hydrogens (tertiary/aromatic N) is 2. The van der Waals surface area contributed by atoms with Gasteiger partial charge in [0.05, 0.1) is 11.0 Å². The zero-order valence-corrected chi connectivity index (χ0v) is 13.1. The molecule has 1 aliphatic carbocycles. The molecule has 1 aromatic carbocycles. The number of fused-ring (bicyclic) bond motifs is 1. The molecule has 1 saturated carbocycles. The van der Waals surface area contributed by atoms with Crippen molar-refractivity contribution >= 4 is 28.5 Å². The Labute approximate surface area is 124 Å². The first-order valence-corrected chi connectivity index (χ1v) is 8.80. The standard InChI is InChI=1S/C16H23N3S/c1-3-16-18-14-10-11(17)4-9-15(14)19(16)12-5-7-13(20-2)8-6-12/h4,9-10,12-13H,3,5-8,17H2,1-2H3. The van der Waals surface area contributed by atoms with E-state index in [0.717, 1.165) is 22.9 Å². The summed E-state index contributed by atoms with van der Waals surface area (Å²) in [6.45, 7) is 2.19. The molecule has 0 spiro atoms. The minimum absolute atomic E-state index is 0.613. The van der Waals surface area contributed by atoms with Crippen LogP contribution >= 0.6 is 11.8 Å². The van der Waals surface area contributed by atoms with Crippen molar-refractivity contribution in [1.29, 1.82) is 0 Å². The van der Waals surface area contributed by atoms with E-state index < -0.39 is 0 Å². The number of hydrogen-bond acceptors (Lipinski definition) is 3. The maximum Gasteiger partial charge on any atom is 0.109 e. The van der Waals surface area contributed by atoms with Crippen molar-refractivity contribution in [3.05, 3.63) is 24.0 Å². The summed E-state index contributed by atoms with van der Waals surface area (Å²) >= 11 is 2.02. The number of thioether (sulfide) groups is 1. The third-order valence-corrected chi connectivity index (χ3v) is 5.58. The number of hydrogen-bond donors (Lipinski definition) is 1. The van der Waals surface area contributed by atoms with E-state index >= 15 is 0 Å². The Balaban J connectivity index is 1.97. The van der Waals surface area contributed by atoms with Gasteiger partial charge in [-0.15, -0.1) is 0 Å². The Kier molecular flexibility index (Phi) is 3.92. The van der Waals surface area contributed by atoms with Crippen LogP contribution < -0.4 is 5.73 Å². The summed E-state index contributed by atoms with van der Waals surface area (Å²) in [7, 11) is 0. The topological polar surface area (TPSA) is 43.8 Å². The number of imidazole rings is 1. The lowest BCUT2D eigenvalue weighted by Gasteiger charge is -2.29. The number of aryl methyl sites for hydroxylation is 1. The van der Waals surface area contributed by atoms with E-state index in [1.165, 1.54) is 37.0 Å². The molecule has 1 fully saturated rings. The zero-order valence-electron chi connectivity index (χ0n) is 12.3. The van der Waals surface area contributed by atoms with Gasteiger partial charge in [-0.25, -0.2) is 4.98 Å². The molecule has 0 radical (unpaired) electrons. The molecule has 1 heterocycles. The molecule has 4 heteroatoms. The molecule has 0 atom stereocenters. The normalized spacial score (nSPS) is 23.3. The largest absolute Gasteiger partial charge is 0.399 e. The highest BCUT2D eigenvalue weighted by atomic mass is 32.2. The van der Waals surface area contributed by atoms with Gasteiger partial charge in [-0.1, -0.05) is 6.92 Å². The van der Waals surface area contributed by atoms with E-state index in [4.69, 9.17) is 10.7 Å². The molecular weight excluding hydrogens is 266 g/mol.